The highest BCUT2D eigenvalue weighted by molar-refractivity contribution is 7.89. The lowest BCUT2D eigenvalue weighted by atomic mass is 10.1. The third kappa shape index (κ3) is 4.74. The molecule has 1 aromatic heterocycles. The number of benzene rings is 2. The third-order valence-electron chi connectivity index (χ3n) is 4.30. The molecule has 2 aromatic carbocycles. The Kier molecular flexibility index (Phi) is 6.06. The fourth-order valence-corrected chi connectivity index (χ4v) is 3.86. The number of hydrogen-bond donors (Lipinski definition) is 2. The summed E-state index contributed by atoms with van der Waals surface area (Å²) in [5, 5.41) is 3.73. The number of aromatic nitrogens is 1. The Bertz CT molecular complexity index is 1090. The van der Waals surface area contributed by atoms with Gasteiger partial charge in [-0.05, 0) is 42.7 Å². The van der Waals surface area contributed by atoms with Crippen LogP contribution in [0.5, 0.6) is 0 Å². The van der Waals surface area contributed by atoms with Gasteiger partial charge in [0.2, 0.25) is 10.0 Å². The van der Waals surface area contributed by atoms with Crippen molar-refractivity contribution in [1.29, 1.82) is 0 Å². The highest BCUT2D eigenvalue weighted by atomic mass is 32.2. The number of carbonyl (C=O) groups excluding carboxylic acids is 1. The number of anilines is 1. The average molecular weight is 398 g/mol. The topological polar surface area (TPSA) is 88.2 Å². The molecule has 7 heteroatoms. The normalized spacial score (nSPS) is 11.7. The molecule has 0 aliphatic rings. The van der Waals surface area contributed by atoms with Crippen molar-refractivity contribution in [3.8, 4) is 0 Å². The fraction of sp³-hybridized carbons (Fsp3) is 0.238. The van der Waals surface area contributed by atoms with Gasteiger partial charge in [-0.3, -0.25) is 9.78 Å². The van der Waals surface area contributed by atoms with Crippen LogP contribution in [-0.2, 0) is 10.0 Å². The molecule has 0 unspecified atom stereocenters. The maximum atomic E-state index is 12.7. The van der Waals surface area contributed by atoms with Gasteiger partial charge >= 0.3 is 0 Å². The van der Waals surface area contributed by atoms with Crippen molar-refractivity contribution < 1.29 is 13.2 Å². The number of amides is 1. The minimum atomic E-state index is -3.66. The van der Waals surface area contributed by atoms with E-state index in [0.717, 1.165) is 11.8 Å². The maximum Gasteiger partial charge on any atom is 0.255 e. The molecular weight excluding hydrogens is 374 g/mol. The Labute approximate surface area is 165 Å². The number of rotatable bonds is 7. The van der Waals surface area contributed by atoms with Gasteiger partial charge in [0.05, 0.1) is 16.1 Å². The Balaban J connectivity index is 1.80. The van der Waals surface area contributed by atoms with E-state index in [4.69, 9.17) is 0 Å². The minimum Gasteiger partial charge on any atom is -0.320 e. The van der Waals surface area contributed by atoms with Gasteiger partial charge < -0.3 is 5.32 Å². The molecule has 2 N–H and O–H groups in total. The number of nitrogens with one attached hydrogen (secondary N) is 2. The molecule has 0 saturated carbocycles. The van der Waals surface area contributed by atoms with Crippen LogP contribution in [0, 0.1) is 5.92 Å². The first-order valence-corrected chi connectivity index (χ1v) is 10.6. The molecular formula is C21H23N3O3S. The first-order valence-electron chi connectivity index (χ1n) is 9.11. The van der Waals surface area contributed by atoms with E-state index in [1.165, 1.54) is 12.1 Å². The third-order valence-corrected chi connectivity index (χ3v) is 5.76. The second-order valence-electron chi connectivity index (χ2n) is 6.94. The van der Waals surface area contributed by atoms with Crippen molar-refractivity contribution in [2.24, 2.45) is 5.92 Å². The van der Waals surface area contributed by atoms with Crippen molar-refractivity contribution in [1.82, 2.24) is 9.71 Å². The fourth-order valence-electron chi connectivity index (χ4n) is 2.77. The summed E-state index contributed by atoms with van der Waals surface area (Å²) in [5.74, 6) is 0.00602. The zero-order chi connectivity index (χ0) is 20.1. The van der Waals surface area contributed by atoms with E-state index in [-0.39, 0.29) is 10.5 Å². The van der Waals surface area contributed by atoms with E-state index in [1.807, 2.05) is 38.1 Å². The molecule has 0 atom stereocenters. The number of pyridine rings is 1. The summed E-state index contributed by atoms with van der Waals surface area (Å²) in [4.78, 5) is 17.1. The van der Waals surface area contributed by atoms with Crippen LogP contribution >= 0.6 is 0 Å². The van der Waals surface area contributed by atoms with Crippen LogP contribution in [0.1, 0.15) is 30.6 Å². The minimum absolute atomic E-state index is 0.0694. The summed E-state index contributed by atoms with van der Waals surface area (Å²) in [7, 11) is -3.66. The van der Waals surface area contributed by atoms with Crippen molar-refractivity contribution in [2.75, 3.05) is 11.9 Å². The lowest BCUT2D eigenvalue weighted by molar-refractivity contribution is 0.102. The van der Waals surface area contributed by atoms with Crippen LogP contribution in [0.2, 0.25) is 0 Å². The molecule has 28 heavy (non-hydrogen) atoms. The van der Waals surface area contributed by atoms with Crippen LogP contribution in [0.4, 0.5) is 5.69 Å². The van der Waals surface area contributed by atoms with E-state index in [9.17, 15) is 13.2 Å². The number of para-hydroxylation sites is 1. The van der Waals surface area contributed by atoms with Crippen molar-refractivity contribution in [2.45, 2.75) is 25.2 Å². The molecule has 0 radical (unpaired) electrons. The van der Waals surface area contributed by atoms with Crippen molar-refractivity contribution >= 4 is 32.5 Å². The van der Waals surface area contributed by atoms with Gasteiger partial charge in [-0.1, -0.05) is 38.1 Å². The van der Waals surface area contributed by atoms with E-state index in [1.54, 1.807) is 24.4 Å². The van der Waals surface area contributed by atoms with Gasteiger partial charge in [-0.15, -0.1) is 0 Å². The SMILES string of the molecule is CC(C)CCNS(=O)(=O)c1cccc(C(=O)Nc2cccc3cccnc23)c1. The average Bonchev–Trinajstić information content (AvgIpc) is 2.68. The molecule has 0 saturated heterocycles. The summed E-state index contributed by atoms with van der Waals surface area (Å²) in [6.07, 6.45) is 2.40. The summed E-state index contributed by atoms with van der Waals surface area (Å²) >= 11 is 0. The van der Waals surface area contributed by atoms with Crippen LogP contribution in [0.15, 0.2) is 65.7 Å². The number of hydrogen-bond acceptors (Lipinski definition) is 4. The quantitative estimate of drug-likeness (QED) is 0.634. The number of nitrogens with zero attached hydrogens (tertiary/aromatic N) is 1. The summed E-state index contributed by atoms with van der Waals surface area (Å²) < 4.78 is 27.5. The molecule has 0 fully saturated rings. The second kappa shape index (κ2) is 8.50. The molecule has 3 aromatic rings. The van der Waals surface area contributed by atoms with Crippen LogP contribution < -0.4 is 10.0 Å². The smallest absolute Gasteiger partial charge is 0.255 e. The first kappa shape index (κ1) is 20.0. The number of carbonyl (C=O) groups is 1. The molecule has 6 nitrogen and oxygen atoms in total. The lowest BCUT2D eigenvalue weighted by Gasteiger charge is -2.11. The largest absolute Gasteiger partial charge is 0.320 e. The molecule has 146 valence electrons. The zero-order valence-corrected chi connectivity index (χ0v) is 16.7. The zero-order valence-electron chi connectivity index (χ0n) is 15.8. The van der Waals surface area contributed by atoms with E-state index < -0.39 is 15.9 Å². The Hall–Kier alpha value is -2.77. The molecule has 0 aliphatic carbocycles. The van der Waals surface area contributed by atoms with Gasteiger partial charge in [0.25, 0.3) is 5.91 Å². The Morgan fingerprint density at radius 1 is 1.07 bits per heavy atom. The van der Waals surface area contributed by atoms with Gasteiger partial charge in [0, 0.05) is 23.7 Å². The van der Waals surface area contributed by atoms with Gasteiger partial charge in [0.1, 0.15) is 0 Å². The van der Waals surface area contributed by atoms with Gasteiger partial charge in [-0.2, -0.15) is 0 Å². The maximum absolute atomic E-state index is 12.7. The summed E-state index contributed by atoms with van der Waals surface area (Å²) in [6, 6.07) is 15.3. The van der Waals surface area contributed by atoms with Crippen molar-refractivity contribution in [3.05, 3.63) is 66.4 Å². The van der Waals surface area contributed by atoms with Gasteiger partial charge in [-0.25, -0.2) is 13.1 Å². The van der Waals surface area contributed by atoms with Crippen LogP contribution in [-0.4, -0.2) is 25.9 Å². The molecule has 0 aliphatic heterocycles. The molecule has 3 rings (SSSR count). The monoisotopic (exact) mass is 397 g/mol. The van der Waals surface area contributed by atoms with Crippen molar-refractivity contribution in [3.63, 3.8) is 0 Å². The second-order valence-corrected chi connectivity index (χ2v) is 8.71. The molecule has 1 heterocycles. The predicted octanol–water partition coefficient (Wildman–Crippen LogP) is 3.81. The highest BCUT2D eigenvalue weighted by Gasteiger charge is 2.16. The van der Waals surface area contributed by atoms with Crippen LogP contribution in [0.3, 0.4) is 0 Å². The number of sulfonamides is 1. The number of fused-ring (bicyclic) bond motifs is 1. The molecule has 1 amide bonds. The first-order chi connectivity index (χ1) is 13.4. The van der Waals surface area contributed by atoms with E-state index >= 15 is 0 Å². The predicted molar refractivity (Wildman–Crippen MR) is 111 cm³/mol. The van der Waals surface area contributed by atoms with Crippen LogP contribution in [0.25, 0.3) is 10.9 Å². The van der Waals surface area contributed by atoms with E-state index in [2.05, 4.69) is 15.0 Å². The van der Waals surface area contributed by atoms with Gasteiger partial charge in [0.15, 0.2) is 0 Å². The Morgan fingerprint density at radius 2 is 1.82 bits per heavy atom. The highest BCUT2D eigenvalue weighted by Crippen LogP contribution is 2.22. The van der Waals surface area contributed by atoms with E-state index in [0.29, 0.717) is 23.7 Å². The standard InChI is InChI=1S/C21H23N3O3S/c1-15(2)11-13-23-28(26,27)18-9-3-7-17(14-18)21(25)24-19-10-4-6-16-8-5-12-22-20(16)19/h3-10,12,14-15,23H,11,13H2,1-2H3,(H,24,25). The summed E-state index contributed by atoms with van der Waals surface area (Å²) in [5.41, 5.74) is 1.52. The molecule has 0 spiro atoms. The summed E-state index contributed by atoms with van der Waals surface area (Å²) in [6.45, 7) is 4.42. The molecule has 0 bridgehead atoms. The lowest BCUT2D eigenvalue weighted by Crippen LogP contribution is -2.26. The Morgan fingerprint density at radius 3 is 2.61 bits per heavy atom.